The molecule has 1 atom stereocenters. The molecule has 7 heteroatoms. The van der Waals surface area contributed by atoms with Crippen LogP contribution in [-0.4, -0.2) is 38.3 Å². The third-order valence-electron chi connectivity index (χ3n) is 4.52. The molecule has 2 aromatic carbocycles. The van der Waals surface area contributed by atoms with Crippen molar-refractivity contribution in [2.24, 2.45) is 0 Å². The Hall–Kier alpha value is -1.89. The molecule has 0 heterocycles. The molecule has 0 spiro atoms. The van der Waals surface area contributed by atoms with Gasteiger partial charge in [-0.05, 0) is 43.5 Å². The van der Waals surface area contributed by atoms with Crippen molar-refractivity contribution in [1.82, 2.24) is 9.62 Å². The summed E-state index contributed by atoms with van der Waals surface area (Å²) in [5, 5.41) is 3.05. The minimum Gasteiger partial charge on any atom is -0.351 e. The van der Waals surface area contributed by atoms with Gasteiger partial charge in [0.25, 0.3) is 5.91 Å². The van der Waals surface area contributed by atoms with Gasteiger partial charge in [-0.3, -0.25) is 4.79 Å². The van der Waals surface area contributed by atoms with E-state index in [0.717, 1.165) is 5.56 Å². The molecule has 5 nitrogen and oxygen atoms in total. The van der Waals surface area contributed by atoms with Crippen molar-refractivity contribution in [2.75, 3.05) is 13.6 Å². The number of amides is 1. The number of carbonyl (C=O) groups excluding carboxylic acids is 1. The summed E-state index contributed by atoms with van der Waals surface area (Å²) in [6.45, 7) is 6.00. The number of sulfonamides is 1. The molecule has 0 fully saturated rings. The van der Waals surface area contributed by atoms with Gasteiger partial charge >= 0.3 is 0 Å². The predicted octanol–water partition coefficient (Wildman–Crippen LogP) is 3.90. The average Bonchev–Trinajstić information content (AvgIpc) is 2.65. The number of halogens is 1. The maximum atomic E-state index is 12.7. The van der Waals surface area contributed by atoms with Crippen LogP contribution in [-0.2, 0) is 10.0 Å². The first-order chi connectivity index (χ1) is 12.6. The van der Waals surface area contributed by atoms with Crippen molar-refractivity contribution >= 4 is 27.5 Å². The third-order valence-corrected chi connectivity index (χ3v) is 6.88. The molecule has 0 unspecified atom stereocenters. The highest BCUT2D eigenvalue weighted by Gasteiger charge is 2.25. The molecule has 0 aromatic heterocycles. The maximum absolute atomic E-state index is 12.7. The standard InChI is InChI=1S/C20H25ClN2O3S/c1-14(2)23(4)27(25,26)17-10-11-19(21)18(12-17)20(24)22-13-15(3)16-8-6-5-7-9-16/h5-12,14-15H,13H2,1-4H3,(H,22,24)/t15-/m0/s1. The fourth-order valence-corrected chi connectivity index (χ4v) is 4.12. The van der Waals surface area contributed by atoms with Crippen LogP contribution in [0.25, 0.3) is 0 Å². The van der Waals surface area contributed by atoms with Crippen LogP contribution in [0.1, 0.15) is 42.6 Å². The third kappa shape index (κ3) is 5.09. The van der Waals surface area contributed by atoms with E-state index in [4.69, 9.17) is 11.6 Å². The lowest BCUT2D eigenvalue weighted by atomic mass is 10.0. The Kier molecular flexibility index (Phi) is 7.03. The summed E-state index contributed by atoms with van der Waals surface area (Å²) in [7, 11) is -2.18. The Morgan fingerprint density at radius 1 is 1.11 bits per heavy atom. The van der Waals surface area contributed by atoms with E-state index in [2.05, 4.69) is 5.32 Å². The van der Waals surface area contributed by atoms with Gasteiger partial charge in [0.2, 0.25) is 10.0 Å². The summed E-state index contributed by atoms with van der Waals surface area (Å²) < 4.78 is 26.6. The largest absolute Gasteiger partial charge is 0.351 e. The van der Waals surface area contributed by atoms with Crippen molar-refractivity contribution < 1.29 is 13.2 Å². The van der Waals surface area contributed by atoms with Crippen molar-refractivity contribution in [3.63, 3.8) is 0 Å². The van der Waals surface area contributed by atoms with Crippen LogP contribution in [0.3, 0.4) is 0 Å². The molecule has 2 aromatic rings. The van der Waals surface area contributed by atoms with Gasteiger partial charge in [0.05, 0.1) is 15.5 Å². The summed E-state index contributed by atoms with van der Waals surface area (Å²) in [6.07, 6.45) is 0. The van der Waals surface area contributed by atoms with Crippen molar-refractivity contribution in [1.29, 1.82) is 0 Å². The highest BCUT2D eigenvalue weighted by molar-refractivity contribution is 7.89. The minimum absolute atomic E-state index is 0.0457. The van der Waals surface area contributed by atoms with Gasteiger partial charge in [-0.2, -0.15) is 4.31 Å². The lowest BCUT2D eigenvalue weighted by molar-refractivity contribution is 0.0951. The first-order valence-electron chi connectivity index (χ1n) is 8.75. The highest BCUT2D eigenvalue weighted by atomic mass is 35.5. The van der Waals surface area contributed by atoms with E-state index >= 15 is 0 Å². The topological polar surface area (TPSA) is 66.5 Å². The molecule has 0 aliphatic heterocycles. The fraction of sp³-hybridized carbons (Fsp3) is 0.350. The molecule has 0 radical (unpaired) electrons. The molecule has 1 N–H and O–H groups in total. The normalized spacial score (nSPS) is 13.0. The van der Waals surface area contributed by atoms with Gasteiger partial charge in [-0.15, -0.1) is 0 Å². The van der Waals surface area contributed by atoms with E-state index in [1.54, 1.807) is 13.8 Å². The summed E-state index contributed by atoms with van der Waals surface area (Å²) in [5.41, 5.74) is 1.26. The molecule has 0 aliphatic carbocycles. The summed E-state index contributed by atoms with van der Waals surface area (Å²) in [5.74, 6) is -0.278. The molecule has 0 aliphatic rings. The molecule has 0 saturated carbocycles. The predicted molar refractivity (Wildman–Crippen MR) is 109 cm³/mol. The second-order valence-electron chi connectivity index (χ2n) is 6.78. The zero-order valence-electron chi connectivity index (χ0n) is 15.9. The highest BCUT2D eigenvalue weighted by Crippen LogP contribution is 2.23. The van der Waals surface area contributed by atoms with Gasteiger partial charge in [-0.1, -0.05) is 48.9 Å². The van der Waals surface area contributed by atoms with E-state index in [1.807, 2.05) is 37.3 Å². The number of nitrogens with zero attached hydrogens (tertiary/aromatic N) is 1. The van der Waals surface area contributed by atoms with Gasteiger partial charge in [-0.25, -0.2) is 8.42 Å². The SMILES string of the molecule is CC(C)N(C)S(=O)(=O)c1ccc(Cl)c(C(=O)NC[C@H](C)c2ccccc2)c1. The second-order valence-corrected chi connectivity index (χ2v) is 9.18. The van der Waals surface area contributed by atoms with Crippen LogP contribution in [0.4, 0.5) is 0 Å². The summed E-state index contributed by atoms with van der Waals surface area (Å²) in [4.78, 5) is 12.6. The molecule has 146 valence electrons. The van der Waals surface area contributed by atoms with E-state index in [9.17, 15) is 13.2 Å². The quantitative estimate of drug-likeness (QED) is 0.755. The maximum Gasteiger partial charge on any atom is 0.252 e. The zero-order chi connectivity index (χ0) is 20.2. The van der Waals surface area contributed by atoms with Crippen LogP contribution < -0.4 is 5.32 Å². The van der Waals surface area contributed by atoms with Crippen molar-refractivity contribution in [2.45, 2.75) is 37.6 Å². The summed E-state index contributed by atoms with van der Waals surface area (Å²) >= 11 is 6.15. The number of hydrogen-bond acceptors (Lipinski definition) is 3. The molecule has 1 amide bonds. The van der Waals surface area contributed by atoms with Gasteiger partial charge in [0.1, 0.15) is 0 Å². The molecule has 0 bridgehead atoms. The van der Waals surface area contributed by atoms with Gasteiger partial charge in [0, 0.05) is 19.6 Å². The zero-order valence-corrected chi connectivity index (χ0v) is 17.5. The number of nitrogens with one attached hydrogen (secondary N) is 1. The molecule has 27 heavy (non-hydrogen) atoms. The van der Waals surface area contributed by atoms with Crippen LogP contribution in [0.5, 0.6) is 0 Å². The van der Waals surface area contributed by atoms with E-state index in [0.29, 0.717) is 6.54 Å². The van der Waals surface area contributed by atoms with Gasteiger partial charge < -0.3 is 5.32 Å². The Balaban J connectivity index is 2.19. The number of hydrogen-bond donors (Lipinski definition) is 1. The van der Waals surface area contributed by atoms with Gasteiger partial charge in [0.15, 0.2) is 0 Å². The van der Waals surface area contributed by atoms with Crippen LogP contribution in [0, 0.1) is 0 Å². The van der Waals surface area contributed by atoms with Crippen LogP contribution >= 0.6 is 11.6 Å². The van der Waals surface area contributed by atoms with Crippen LogP contribution in [0.15, 0.2) is 53.4 Å². The van der Waals surface area contributed by atoms with Crippen molar-refractivity contribution in [3.05, 3.63) is 64.7 Å². The average molecular weight is 409 g/mol. The van der Waals surface area contributed by atoms with E-state index in [1.165, 1.54) is 29.6 Å². The molecule has 0 saturated heterocycles. The summed E-state index contributed by atoms with van der Waals surface area (Å²) in [6, 6.07) is 13.8. The second kappa shape index (κ2) is 8.87. The molecule has 2 rings (SSSR count). The lowest BCUT2D eigenvalue weighted by Gasteiger charge is -2.21. The lowest BCUT2D eigenvalue weighted by Crippen LogP contribution is -2.33. The minimum atomic E-state index is -3.69. The van der Waals surface area contributed by atoms with Crippen molar-refractivity contribution in [3.8, 4) is 0 Å². The Morgan fingerprint density at radius 3 is 2.33 bits per heavy atom. The van der Waals surface area contributed by atoms with Crippen LogP contribution in [0.2, 0.25) is 5.02 Å². The molecular formula is C20H25ClN2O3S. The Morgan fingerprint density at radius 2 is 1.74 bits per heavy atom. The number of carbonyl (C=O) groups is 1. The van der Waals surface area contributed by atoms with E-state index < -0.39 is 15.9 Å². The van der Waals surface area contributed by atoms with E-state index in [-0.39, 0.29) is 27.4 Å². The smallest absolute Gasteiger partial charge is 0.252 e. The number of benzene rings is 2. The molecular weight excluding hydrogens is 384 g/mol. The first kappa shape index (κ1) is 21.4. The monoisotopic (exact) mass is 408 g/mol. The fourth-order valence-electron chi connectivity index (χ4n) is 2.52. The first-order valence-corrected chi connectivity index (χ1v) is 10.6. The Labute approximate surface area is 166 Å². The number of rotatable bonds is 7. The Bertz CT molecular complexity index is 899.